The van der Waals surface area contributed by atoms with Crippen molar-refractivity contribution in [3.8, 4) is 84.3 Å². The second-order valence-electron chi connectivity index (χ2n) is 22.3. The van der Waals surface area contributed by atoms with E-state index in [9.17, 15) is 26.3 Å². The van der Waals surface area contributed by atoms with Gasteiger partial charge in [0, 0.05) is 71.3 Å². The number of fused-ring (bicyclic) bond motifs is 9. The van der Waals surface area contributed by atoms with Crippen molar-refractivity contribution in [2.75, 3.05) is 0 Å². The first-order valence-corrected chi connectivity index (χ1v) is 29.1. The van der Waals surface area contributed by atoms with Crippen LogP contribution >= 0.6 is 0 Å². The summed E-state index contributed by atoms with van der Waals surface area (Å²) >= 11 is 0. The van der Waals surface area contributed by atoms with Gasteiger partial charge in [-0.15, -0.1) is 0 Å². The molecule has 0 saturated heterocycles. The maximum Gasteiger partial charge on any atom is 0.416 e. The maximum atomic E-state index is 14.6. The molecule has 11 heteroatoms. The molecular formula is C78H47F6N5. The van der Waals surface area contributed by atoms with E-state index in [0.29, 0.717) is 22.4 Å². The Morgan fingerprint density at radius 1 is 0.247 bits per heavy atom. The van der Waals surface area contributed by atoms with Crippen molar-refractivity contribution in [3.63, 3.8) is 0 Å². The molecule has 4 heterocycles. The molecule has 0 amide bonds. The minimum atomic E-state index is -5.04. The van der Waals surface area contributed by atoms with Crippen LogP contribution in [0.2, 0.25) is 0 Å². The highest BCUT2D eigenvalue weighted by Gasteiger charge is 2.37. The van der Waals surface area contributed by atoms with Gasteiger partial charge in [-0.3, -0.25) is 0 Å². The van der Waals surface area contributed by atoms with Crippen molar-refractivity contribution in [1.29, 1.82) is 0 Å². The number of para-hydroxylation sites is 7. The van der Waals surface area contributed by atoms with E-state index in [4.69, 9.17) is 9.97 Å². The SMILES string of the molecule is FC(F)(F)c1cc(-c2ccc3c(c2)c2ccccc2n3-c2c(-c3ccccc3-n3c4ccccc4c4ccccc43)cc(-c3cc(-c4ccccc4)nc(-c4ccccc4)n3)cc2-c2ccccc2-n2c3ccccc3c3ccccc32)cc(C(F)(F)F)c1. The number of hydrogen-bond donors (Lipinski definition) is 0. The fraction of sp³-hybridized carbons (Fsp3) is 0.0256. The normalized spacial score (nSPS) is 12.2. The smallest absolute Gasteiger partial charge is 0.309 e. The Bertz CT molecular complexity index is 5110. The van der Waals surface area contributed by atoms with Gasteiger partial charge in [-0.2, -0.15) is 26.3 Å². The first-order valence-electron chi connectivity index (χ1n) is 29.1. The molecule has 0 N–H and O–H groups in total. The first-order chi connectivity index (χ1) is 43.4. The van der Waals surface area contributed by atoms with E-state index in [2.05, 4.69) is 147 Å². The Balaban J connectivity index is 1.08. The molecule has 0 saturated carbocycles. The third kappa shape index (κ3) is 8.95. The van der Waals surface area contributed by atoms with Crippen molar-refractivity contribution in [1.82, 2.24) is 23.7 Å². The van der Waals surface area contributed by atoms with Crippen LogP contribution in [0.1, 0.15) is 11.1 Å². The largest absolute Gasteiger partial charge is 0.416 e. The van der Waals surface area contributed by atoms with Gasteiger partial charge in [-0.1, -0.05) is 194 Å². The molecule has 12 aromatic carbocycles. The van der Waals surface area contributed by atoms with Crippen LogP contribution in [-0.4, -0.2) is 23.7 Å². The third-order valence-electron chi connectivity index (χ3n) is 17.1. The topological polar surface area (TPSA) is 40.6 Å². The standard InChI is InChI=1S/C78H47F6N5/c79-77(80,81)53-41-51(42-54(46-53)78(82,83)84)50-39-40-74-62(43-50)59-29-11-20-38-73(59)89(74)75-63(60-30-12-18-36-71(60)87-67-32-14-7-25-55(67)56-26-8-15-33-68(56)87)44-52(66-47-65(48-21-3-1-4-22-48)85-76(86-66)49-23-5-2-6-24-49)45-64(75)61-31-13-19-37-72(61)88-69-34-16-9-27-57(69)58-28-10-17-35-70(58)88/h1-47H. The van der Waals surface area contributed by atoms with Crippen molar-refractivity contribution < 1.29 is 26.3 Å². The zero-order valence-corrected chi connectivity index (χ0v) is 47.1. The maximum absolute atomic E-state index is 14.6. The summed E-state index contributed by atoms with van der Waals surface area (Å²) in [7, 11) is 0. The lowest BCUT2D eigenvalue weighted by atomic mass is 9.90. The molecule has 89 heavy (non-hydrogen) atoms. The Labute approximate surface area is 505 Å². The van der Waals surface area contributed by atoms with Crippen LogP contribution in [0, 0.1) is 0 Å². The van der Waals surface area contributed by atoms with Gasteiger partial charge in [0.25, 0.3) is 0 Å². The fourth-order valence-electron chi connectivity index (χ4n) is 13.2. The van der Waals surface area contributed by atoms with Crippen LogP contribution in [0.25, 0.3) is 150 Å². The summed E-state index contributed by atoms with van der Waals surface area (Å²) in [6.45, 7) is 0. The number of aromatic nitrogens is 5. The van der Waals surface area contributed by atoms with Crippen LogP contribution in [0.15, 0.2) is 285 Å². The van der Waals surface area contributed by atoms with Crippen LogP contribution in [-0.2, 0) is 12.4 Å². The Hall–Kier alpha value is -11.3. The Morgan fingerprint density at radius 2 is 0.618 bits per heavy atom. The van der Waals surface area contributed by atoms with Crippen molar-refractivity contribution in [2.24, 2.45) is 0 Å². The molecule has 0 bridgehead atoms. The van der Waals surface area contributed by atoms with Crippen LogP contribution in [0.5, 0.6) is 0 Å². The first kappa shape index (κ1) is 53.2. The van der Waals surface area contributed by atoms with Crippen LogP contribution in [0.3, 0.4) is 0 Å². The van der Waals surface area contributed by atoms with Gasteiger partial charge in [0.05, 0.1) is 72.7 Å². The summed E-state index contributed by atoms with van der Waals surface area (Å²) in [6, 6.07) is 91.5. The highest BCUT2D eigenvalue weighted by atomic mass is 19.4. The van der Waals surface area contributed by atoms with Crippen LogP contribution < -0.4 is 0 Å². The molecule has 16 rings (SSSR count). The average molecular weight is 1170 g/mol. The molecule has 426 valence electrons. The number of benzene rings is 12. The summed E-state index contributed by atoms with van der Waals surface area (Å²) in [6.07, 6.45) is -10.1. The van der Waals surface area contributed by atoms with Crippen molar-refractivity contribution >= 4 is 65.4 Å². The molecule has 0 spiro atoms. The molecule has 0 fully saturated rings. The van der Waals surface area contributed by atoms with E-state index < -0.39 is 23.5 Å². The zero-order chi connectivity index (χ0) is 60.1. The molecule has 0 unspecified atom stereocenters. The second kappa shape index (κ2) is 20.7. The summed E-state index contributed by atoms with van der Waals surface area (Å²) in [5.74, 6) is 0.534. The average Bonchev–Trinajstić information content (AvgIpc) is 1.66. The number of hydrogen-bond acceptors (Lipinski definition) is 2. The fourth-order valence-corrected chi connectivity index (χ4v) is 13.2. The lowest BCUT2D eigenvalue weighted by molar-refractivity contribution is -0.143. The monoisotopic (exact) mass is 1170 g/mol. The van der Waals surface area contributed by atoms with E-state index in [1.54, 1.807) is 12.1 Å². The Kier molecular flexibility index (Phi) is 12.4. The van der Waals surface area contributed by atoms with Gasteiger partial charge in [0.15, 0.2) is 5.82 Å². The zero-order valence-electron chi connectivity index (χ0n) is 47.1. The molecule has 16 aromatic rings. The van der Waals surface area contributed by atoms with Gasteiger partial charge in [-0.05, 0) is 102 Å². The summed E-state index contributed by atoms with van der Waals surface area (Å²) in [5.41, 5.74) is 12.3. The van der Waals surface area contributed by atoms with Gasteiger partial charge >= 0.3 is 12.4 Å². The number of rotatable bonds is 9. The van der Waals surface area contributed by atoms with E-state index in [1.807, 2.05) is 121 Å². The predicted octanol–water partition coefficient (Wildman–Crippen LogP) is 21.8. The van der Waals surface area contributed by atoms with Crippen molar-refractivity contribution in [3.05, 3.63) is 296 Å². The predicted molar refractivity (Wildman–Crippen MR) is 348 cm³/mol. The minimum absolute atomic E-state index is 0.168. The van der Waals surface area contributed by atoms with Gasteiger partial charge in [0.2, 0.25) is 0 Å². The molecule has 0 atom stereocenters. The van der Waals surface area contributed by atoms with E-state index >= 15 is 0 Å². The van der Waals surface area contributed by atoms with Gasteiger partial charge in [-0.25, -0.2) is 9.97 Å². The highest BCUT2D eigenvalue weighted by molar-refractivity contribution is 6.14. The lowest BCUT2D eigenvalue weighted by Gasteiger charge is -2.24. The molecule has 0 aliphatic heterocycles. The summed E-state index contributed by atoms with van der Waals surface area (Å²) < 4.78 is 94.2. The number of nitrogens with zero attached hydrogens (tertiary/aromatic N) is 5. The molecule has 0 radical (unpaired) electrons. The molecule has 0 aliphatic carbocycles. The van der Waals surface area contributed by atoms with E-state index in [1.165, 1.54) is 0 Å². The molecule has 0 aliphatic rings. The molecule has 4 aromatic heterocycles. The van der Waals surface area contributed by atoms with Gasteiger partial charge in [0.1, 0.15) is 0 Å². The summed E-state index contributed by atoms with van der Waals surface area (Å²) in [5, 5.41) is 5.67. The van der Waals surface area contributed by atoms with Crippen molar-refractivity contribution in [2.45, 2.75) is 12.4 Å². The quantitative estimate of drug-likeness (QED) is 0.135. The molecule has 5 nitrogen and oxygen atoms in total. The third-order valence-corrected chi connectivity index (χ3v) is 17.1. The van der Waals surface area contributed by atoms with Gasteiger partial charge < -0.3 is 13.7 Å². The minimum Gasteiger partial charge on any atom is -0.309 e. The highest BCUT2D eigenvalue weighted by Crippen LogP contribution is 2.49. The Morgan fingerprint density at radius 3 is 1.08 bits per heavy atom. The molecular weight excluding hydrogens is 1120 g/mol. The number of alkyl halides is 6. The second-order valence-corrected chi connectivity index (χ2v) is 22.3. The van der Waals surface area contributed by atoms with E-state index in [-0.39, 0.29) is 17.2 Å². The lowest BCUT2D eigenvalue weighted by Crippen LogP contribution is -2.11. The summed E-state index contributed by atoms with van der Waals surface area (Å²) in [4.78, 5) is 10.7. The van der Waals surface area contributed by atoms with Crippen LogP contribution in [0.4, 0.5) is 26.3 Å². The number of halogens is 6. The van der Waals surface area contributed by atoms with E-state index in [0.717, 1.165) is 128 Å².